The number of likely N-dealkylation sites (tertiary alicyclic amines) is 1. The normalized spacial score (nSPS) is 25.4. The van der Waals surface area contributed by atoms with Crippen molar-refractivity contribution in [3.8, 4) is 0 Å². The van der Waals surface area contributed by atoms with Crippen LogP contribution in [0.5, 0.6) is 0 Å². The zero-order valence-corrected chi connectivity index (χ0v) is 13.8. The van der Waals surface area contributed by atoms with E-state index in [4.69, 9.17) is 16.3 Å². The summed E-state index contributed by atoms with van der Waals surface area (Å²) in [4.78, 5) is 26.3. The molecule has 1 N–H and O–H groups in total. The number of hydrogen-bond donors (Lipinski definition) is 1. The van der Waals surface area contributed by atoms with Crippen LogP contribution in [0.25, 0.3) is 0 Å². The van der Waals surface area contributed by atoms with Crippen LogP contribution in [0, 0.1) is 5.41 Å². The molecule has 1 heterocycles. The molecule has 0 radical (unpaired) electrons. The minimum atomic E-state index is -0.991. The number of carboxylic acids is 1. The van der Waals surface area contributed by atoms with Gasteiger partial charge in [0.05, 0.1) is 12.0 Å². The van der Waals surface area contributed by atoms with Crippen LogP contribution < -0.4 is 0 Å². The van der Waals surface area contributed by atoms with E-state index in [2.05, 4.69) is 0 Å². The molecule has 1 aliphatic carbocycles. The van der Waals surface area contributed by atoms with Crippen molar-refractivity contribution in [1.29, 1.82) is 0 Å². The summed E-state index contributed by atoms with van der Waals surface area (Å²) in [6.45, 7) is 0.782. The molecule has 1 aromatic carbocycles. The van der Waals surface area contributed by atoms with Crippen molar-refractivity contribution < 1.29 is 19.4 Å². The molecule has 1 saturated carbocycles. The van der Waals surface area contributed by atoms with Crippen LogP contribution in [-0.4, -0.2) is 48.7 Å². The Morgan fingerprint density at radius 1 is 1.35 bits per heavy atom. The van der Waals surface area contributed by atoms with E-state index in [0.717, 1.165) is 18.4 Å². The summed E-state index contributed by atoms with van der Waals surface area (Å²) in [6.07, 6.45) is 1.99. The Balaban J connectivity index is 1.81. The molecule has 0 spiro atoms. The maximum Gasteiger partial charge on any atom is 0.313 e. The molecule has 2 aliphatic rings. The third-order valence-corrected chi connectivity index (χ3v) is 5.29. The van der Waals surface area contributed by atoms with Gasteiger partial charge in [0.1, 0.15) is 5.41 Å². The van der Waals surface area contributed by atoms with Gasteiger partial charge in [0, 0.05) is 25.2 Å². The fourth-order valence-corrected chi connectivity index (χ4v) is 3.71. The third kappa shape index (κ3) is 2.72. The molecule has 124 valence electrons. The highest BCUT2D eigenvalue weighted by Gasteiger charge is 2.56. The number of amides is 1. The summed E-state index contributed by atoms with van der Waals surface area (Å²) in [7, 11) is 1.49. The van der Waals surface area contributed by atoms with Gasteiger partial charge in [0.25, 0.3) is 0 Å². The molecule has 0 aromatic heterocycles. The summed E-state index contributed by atoms with van der Waals surface area (Å²) in [6, 6.07) is 7.39. The molecule has 1 saturated heterocycles. The van der Waals surface area contributed by atoms with E-state index >= 15 is 0 Å². The second-order valence-corrected chi connectivity index (χ2v) is 7.02. The van der Waals surface area contributed by atoms with Crippen molar-refractivity contribution in [2.75, 3.05) is 26.8 Å². The van der Waals surface area contributed by atoms with Crippen LogP contribution in [0.15, 0.2) is 24.3 Å². The number of methoxy groups -OCH3 is 1. The zero-order valence-electron chi connectivity index (χ0n) is 13.0. The van der Waals surface area contributed by atoms with Crippen molar-refractivity contribution in [3.05, 3.63) is 34.9 Å². The number of aliphatic carboxylic acids is 1. The monoisotopic (exact) mass is 337 g/mol. The number of carboxylic acid groups (broad SMARTS) is 1. The highest BCUT2D eigenvalue weighted by molar-refractivity contribution is 6.30. The van der Waals surface area contributed by atoms with Gasteiger partial charge in [0.2, 0.25) is 5.91 Å². The van der Waals surface area contributed by atoms with Crippen molar-refractivity contribution in [3.63, 3.8) is 0 Å². The van der Waals surface area contributed by atoms with Crippen LogP contribution in [0.2, 0.25) is 5.02 Å². The summed E-state index contributed by atoms with van der Waals surface area (Å²) in [5.41, 5.74) is -0.587. The third-order valence-electron chi connectivity index (χ3n) is 5.05. The minimum Gasteiger partial charge on any atom is -0.481 e. The van der Waals surface area contributed by atoms with Gasteiger partial charge in [-0.2, -0.15) is 0 Å². The molecule has 1 unspecified atom stereocenters. The molecule has 1 aliphatic heterocycles. The topological polar surface area (TPSA) is 66.8 Å². The highest BCUT2D eigenvalue weighted by Crippen LogP contribution is 2.51. The van der Waals surface area contributed by atoms with E-state index in [0.29, 0.717) is 18.0 Å². The predicted octanol–water partition coefficient (Wildman–Crippen LogP) is 2.32. The van der Waals surface area contributed by atoms with Gasteiger partial charge in [-0.15, -0.1) is 0 Å². The molecule has 0 bridgehead atoms. The Labute approximate surface area is 140 Å². The quantitative estimate of drug-likeness (QED) is 0.895. The Kier molecular flexibility index (Phi) is 4.10. The number of carbonyl (C=O) groups excluding carboxylic acids is 1. The fraction of sp³-hybridized carbons (Fsp3) is 0.529. The highest BCUT2D eigenvalue weighted by atomic mass is 35.5. The second kappa shape index (κ2) is 5.80. The van der Waals surface area contributed by atoms with Gasteiger partial charge in [-0.05, 0) is 37.0 Å². The average Bonchev–Trinajstić information content (AvgIpc) is 3.22. The molecule has 3 rings (SSSR count). The first-order chi connectivity index (χ1) is 10.9. The zero-order chi connectivity index (χ0) is 16.7. The van der Waals surface area contributed by atoms with Crippen LogP contribution in [0.3, 0.4) is 0 Å². The Morgan fingerprint density at radius 3 is 2.65 bits per heavy atom. The Bertz CT molecular complexity index is 643. The van der Waals surface area contributed by atoms with Gasteiger partial charge < -0.3 is 14.7 Å². The molecule has 5 nitrogen and oxygen atoms in total. The van der Waals surface area contributed by atoms with Crippen LogP contribution in [0.4, 0.5) is 0 Å². The van der Waals surface area contributed by atoms with Gasteiger partial charge in [0.15, 0.2) is 0 Å². The standard InChI is InChI=1S/C17H20ClNO4/c1-23-11-16(15(21)22)7-8-19(10-16)14(20)17(5-6-17)12-3-2-4-13(18)9-12/h2-4,9H,5-8,10-11H2,1H3,(H,21,22). The number of hydrogen-bond acceptors (Lipinski definition) is 3. The Hall–Kier alpha value is -1.59. The maximum absolute atomic E-state index is 13.0. The van der Waals surface area contributed by atoms with Crippen molar-refractivity contribution >= 4 is 23.5 Å². The predicted molar refractivity (Wildman–Crippen MR) is 85.5 cm³/mol. The van der Waals surface area contributed by atoms with Crippen molar-refractivity contribution in [1.82, 2.24) is 4.90 Å². The molecule has 1 amide bonds. The van der Waals surface area contributed by atoms with E-state index in [9.17, 15) is 14.7 Å². The number of carbonyl (C=O) groups is 2. The van der Waals surface area contributed by atoms with E-state index in [1.165, 1.54) is 7.11 Å². The van der Waals surface area contributed by atoms with Crippen LogP contribution in [0.1, 0.15) is 24.8 Å². The number of ether oxygens (including phenoxy) is 1. The first kappa shape index (κ1) is 16.3. The SMILES string of the molecule is COCC1(C(=O)O)CCN(C(=O)C2(c3cccc(Cl)c3)CC2)C1. The summed E-state index contributed by atoms with van der Waals surface area (Å²) in [5, 5.41) is 10.1. The van der Waals surface area contributed by atoms with Gasteiger partial charge in [-0.3, -0.25) is 9.59 Å². The van der Waals surface area contributed by atoms with Crippen molar-refractivity contribution in [2.45, 2.75) is 24.7 Å². The molecule has 2 fully saturated rings. The van der Waals surface area contributed by atoms with E-state index in [-0.39, 0.29) is 19.1 Å². The molecule has 1 aromatic rings. The lowest BCUT2D eigenvalue weighted by Crippen LogP contribution is -2.43. The summed E-state index contributed by atoms with van der Waals surface area (Å²) >= 11 is 6.05. The van der Waals surface area contributed by atoms with Crippen LogP contribution >= 0.6 is 11.6 Å². The average molecular weight is 338 g/mol. The number of rotatable bonds is 5. The minimum absolute atomic E-state index is 0.0130. The van der Waals surface area contributed by atoms with E-state index in [1.54, 1.807) is 11.0 Å². The number of halogens is 1. The fourth-order valence-electron chi connectivity index (χ4n) is 3.52. The lowest BCUT2D eigenvalue weighted by Gasteiger charge is -2.26. The maximum atomic E-state index is 13.0. The first-order valence-electron chi connectivity index (χ1n) is 7.71. The van der Waals surface area contributed by atoms with Gasteiger partial charge >= 0.3 is 5.97 Å². The molecule has 1 atom stereocenters. The van der Waals surface area contributed by atoms with Gasteiger partial charge in [-0.1, -0.05) is 23.7 Å². The summed E-state index contributed by atoms with van der Waals surface area (Å²) in [5.74, 6) is -0.888. The number of benzene rings is 1. The number of nitrogens with zero attached hydrogens (tertiary/aromatic N) is 1. The largest absolute Gasteiger partial charge is 0.481 e. The smallest absolute Gasteiger partial charge is 0.313 e. The molecular formula is C17H20ClNO4. The van der Waals surface area contributed by atoms with E-state index in [1.807, 2.05) is 18.2 Å². The van der Waals surface area contributed by atoms with E-state index < -0.39 is 16.8 Å². The molecule has 23 heavy (non-hydrogen) atoms. The summed E-state index contributed by atoms with van der Waals surface area (Å²) < 4.78 is 5.08. The lowest BCUT2D eigenvalue weighted by molar-refractivity contribution is -0.151. The second-order valence-electron chi connectivity index (χ2n) is 6.59. The Morgan fingerprint density at radius 2 is 2.09 bits per heavy atom. The molecular weight excluding hydrogens is 318 g/mol. The molecule has 6 heteroatoms. The van der Waals surface area contributed by atoms with Gasteiger partial charge in [-0.25, -0.2) is 0 Å². The first-order valence-corrected chi connectivity index (χ1v) is 8.09. The lowest BCUT2D eigenvalue weighted by atomic mass is 9.88. The van der Waals surface area contributed by atoms with Crippen molar-refractivity contribution in [2.24, 2.45) is 5.41 Å². The van der Waals surface area contributed by atoms with Crippen LogP contribution in [-0.2, 0) is 19.7 Å².